The number of aryl methyl sites for hydroxylation is 1. The normalized spacial score (nSPS) is 18.2. The third-order valence-electron chi connectivity index (χ3n) is 2.68. The summed E-state index contributed by atoms with van der Waals surface area (Å²) in [5.41, 5.74) is 0.0659. The van der Waals surface area contributed by atoms with Gasteiger partial charge in [-0.15, -0.1) is 0 Å². The number of rotatable bonds is 3. The van der Waals surface area contributed by atoms with Gasteiger partial charge in [-0.25, -0.2) is 9.78 Å². The number of aromatic nitrogens is 2. The highest BCUT2D eigenvalue weighted by atomic mass is 16.4. The minimum Gasteiger partial charge on any atom is -0.480 e. The zero-order chi connectivity index (χ0) is 11.7. The molecule has 0 aromatic carbocycles. The Morgan fingerprint density at radius 1 is 1.75 bits per heavy atom. The van der Waals surface area contributed by atoms with E-state index in [2.05, 4.69) is 10.3 Å². The third-order valence-corrected chi connectivity index (χ3v) is 2.68. The van der Waals surface area contributed by atoms with Gasteiger partial charge in [-0.05, 0) is 13.3 Å². The van der Waals surface area contributed by atoms with Crippen LogP contribution in [0.15, 0.2) is 11.0 Å². The largest absolute Gasteiger partial charge is 0.480 e. The molecule has 6 nitrogen and oxygen atoms in total. The number of nitrogens with one attached hydrogen (secondary N) is 1. The van der Waals surface area contributed by atoms with Crippen molar-refractivity contribution < 1.29 is 9.90 Å². The van der Waals surface area contributed by atoms with E-state index in [-0.39, 0.29) is 5.56 Å². The SMILES string of the molecule is CCNc1cnc2n(c1=O)[C@H](C(=O)O)CC2. The molecule has 0 saturated carbocycles. The van der Waals surface area contributed by atoms with E-state index in [1.165, 1.54) is 10.8 Å². The Kier molecular flexibility index (Phi) is 2.64. The molecule has 1 aromatic heterocycles. The van der Waals surface area contributed by atoms with Gasteiger partial charge < -0.3 is 10.4 Å². The van der Waals surface area contributed by atoms with Crippen LogP contribution in [-0.4, -0.2) is 27.2 Å². The first kappa shape index (κ1) is 10.7. The van der Waals surface area contributed by atoms with E-state index in [0.717, 1.165) is 0 Å². The van der Waals surface area contributed by atoms with Crippen LogP contribution >= 0.6 is 0 Å². The molecule has 2 rings (SSSR count). The quantitative estimate of drug-likeness (QED) is 0.767. The van der Waals surface area contributed by atoms with Crippen molar-refractivity contribution >= 4 is 11.7 Å². The van der Waals surface area contributed by atoms with E-state index in [1.54, 1.807) is 0 Å². The molecule has 0 fully saturated rings. The highest BCUT2D eigenvalue weighted by Gasteiger charge is 2.30. The van der Waals surface area contributed by atoms with Crippen molar-refractivity contribution in [3.05, 3.63) is 22.4 Å². The van der Waals surface area contributed by atoms with Crippen LogP contribution in [0.3, 0.4) is 0 Å². The van der Waals surface area contributed by atoms with Gasteiger partial charge in [-0.1, -0.05) is 0 Å². The third kappa shape index (κ3) is 1.56. The molecule has 1 aliphatic heterocycles. The summed E-state index contributed by atoms with van der Waals surface area (Å²) in [5, 5.41) is 11.9. The van der Waals surface area contributed by atoms with Crippen LogP contribution < -0.4 is 10.9 Å². The Labute approximate surface area is 91.9 Å². The van der Waals surface area contributed by atoms with Crippen molar-refractivity contribution in [3.63, 3.8) is 0 Å². The number of carbonyl (C=O) groups is 1. The molecular weight excluding hydrogens is 210 g/mol. The smallest absolute Gasteiger partial charge is 0.326 e. The van der Waals surface area contributed by atoms with Gasteiger partial charge in [0.25, 0.3) is 5.56 Å². The van der Waals surface area contributed by atoms with Crippen LogP contribution in [-0.2, 0) is 11.2 Å². The van der Waals surface area contributed by atoms with Crippen LogP contribution in [0.5, 0.6) is 0 Å². The minimum absolute atomic E-state index is 0.295. The fourth-order valence-electron chi connectivity index (χ4n) is 1.95. The highest BCUT2D eigenvalue weighted by molar-refractivity contribution is 5.72. The fourth-order valence-corrected chi connectivity index (χ4v) is 1.95. The zero-order valence-electron chi connectivity index (χ0n) is 8.93. The number of anilines is 1. The summed E-state index contributed by atoms with van der Waals surface area (Å²) in [7, 11) is 0. The lowest BCUT2D eigenvalue weighted by atomic mass is 10.2. The van der Waals surface area contributed by atoms with E-state index in [1.807, 2.05) is 6.92 Å². The van der Waals surface area contributed by atoms with Gasteiger partial charge >= 0.3 is 5.97 Å². The lowest BCUT2D eigenvalue weighted by Crippen LogP contribution is -2.30. The van der Waals surface area contributed by atoms with Gasteiger partial charge in [0.1, 0.15) is 17.6 Å². The summed E-state index contributed by atoms with van der Waals surface area (Å²) >= 11 is 0. The van der Waals surface area contributed by atoms with Gasteiger partial charge in [-0.2, -0.15) is 0 Å². The molecule has 1 atom stereocenters. The van der Waals surface area contributed by atoms with Crippen molar-refractivity contribution in [1.82, 2.24) is 9.55 Å². The summed E-state index contributed by atoms with van der Waals surface area (Å²) in [6.07, 6.45) is 2.45. The van der Waals surface area contributed by atoms with E-state index in [4.69, 9.17) is 5.11 Å². The lowest BCUT2D eigenvalue weighted by molar-refractivity contribution is -0.140. The molecule has 2 heterocycles. The molecule has 0 spiro atoms. The zero-order valence-corrected chi connectivity index (χ0v) is 8.93. The maximum Gasteiger partial charge on any atom is 0.326 e. The summed E-state index contributed by atoms with van der Waals surface area (Å²) < 4.78 is 1.28. The average molecular weight is 223 g/mol. The first-order chi connectivity index (χ1) is 7.65. The summed E-state index contributed by atoms with van der Waals surface area (Å²) in [6.45, 7) is 2.47. The minimum atomic E-state index is -0.976. The van der Waals surface area contributed by atoms with Crippen molar-refractivity contribution in [2.45, 2.75) is 25.8 Å². The Morgan fingerprint density at radius 3 is 3.12 bits per heavy atom. The van der Waals surface area contributed by atoms with E-state index in [9.17, 15) is 9.59 Å². The Bertz CT molecular complexity index is 481. The molecule has 0 radical (unpaired) electrons. The Morgan fingerprint density at radius 2 is 2.50 bits per heavy atom. The molecule has 0 aliphatic carbocycles. The Balaban J connectivity index is 2.51. The van der Waals surface area contributed by atoms with Gasteiger partial charge in [0, 0.05) is 13.0 Å². The standard InChI is InChI=1S/C10H13N3O3/c1-2-11-6-5-12-8-4-3-7(10(15)16)13(8)9(6)14/h5,7,11H,2-4H2,1H3,(H,15,16)/t7-/m0/s1. The van der Waals surface area contributed by atoms with Crippen molar-refractivity contribution in [2.24, 2.45) is 0 Å². The molecular formula is C10H13N3O3. The molecule has 0 bridgehead atoms. The number of carboxylic acids is 1. The van der Waals surface area contributed by atoms with Crippen LogP contribution in [0.25, 0.3) is 0 Å². The molecule has 0 unspecified atom stereocenters. The average Bonchev–Trinajstić information content (AvgIpc) is 2.67. The van der Waals surface area contributed by atoms with Crippen molar-refractivity contribution in [3.8, 4) is 0 Å². The highest BCUT2D eigenvalue weighted by Crippen LogP contribution is 2.22. The molecule has 86 valence electrons. The first-order valence-corrected chi connectivity index (χ1v) is 5.22. The van der Waals surface area contributed by atoms with Crippen LogP contribution in [0.4, 0.5) is 5.69 Å². The van der Waals surface area contributed by atoms with Crippen molar-refractivity contribution in [1.29, 1.82) is 0 Å². The number of carboxylic acid groups (broad SMARTS) is 1. The predicted molar refractivity (Wildman–Crippen MR) is 57.7 cm³/mol. The first-order valence-electron chi connectivity index (χ1n) is 5.22. The molecule has 1 aliphatic rings. The second kappa shape index (κ2) is 3.96. The topological polar surface area (TPSA) is 84.2 Å². The van der Waals surface area contributed by atoms with Gasteiger partial charge in [0.2, 0.25) is 0 Å². The number of aliphatic carboxylic acids is 1. The number of nitrogens with zero attached hydrogens (tertiary/aromatic N) is 2. The van der Waals surface area contributed by atoms with Crippen molar-refractivity contribution in [2.75, 3.05) is 11.9 Å². The number of fused-ring (bicyclic) bond motifs is 1. The molecule has 2 N–H and O–H groups in total. The van der Waals surface area contributed by atoms with Crippen LogP contribution in [0.1, 0.15) is 25.2 Å². The van der Waals surface area contributed by atoms with Crippen LogP contribution in [0, 0.1) is 0 Å². The summed E-state index contributed by atoms with van der Waals surface area (Å²) in [6, 6.07) is -0.770. The second-order valence-electron chi connectivity index (χ2n) is 3.69. The van der Waals surface area contributed by atoms with E-state index < -0.39 is 12.0 Å². The molecule has 0 saturated heterocycles. The van der Waals surface area contributed by atoms with Gasteiger partial charge in [0.15, 0.2) is 0 Å². The van der Waals surface area contributed by atoms with Gasteiger partial charge in [0.05, 0.1) is 6.20 Å². The maximum absolute atomic E-state index is 12.0. The maximum atomic E-state index is 12.0. The molecule has 0 amide bonds. The number of hydrogen-bond donors (Lipinski definition) is 2. The fraction of sp³-hybridized carbons (Fsp3) is 0.500. The monoisotopic (exact) mass is 223 g/mol. The van der Waals surface area contributed by atoms with E-state index in [0.29, 0.717) is 30.9 Å². The molecule has 6 heteroatoms. The Hall–Kier alpha value is -1.85. The lowest BCUT2D eigenvalue weighted by Gasteiger charge is -2.11. The van der Waals surface area contributed by atoms with Gasteiger partial charge in [-0.3, -0.25) is 9.36 Å². The van der Waals surface area contributed by atoms with E-state index >= 15 is 0 Å². The molecule has 16 heavy (non-hydrogen) atoms. The predicted octanol–water partition coefficient (Wildman–Crippen LogP) is 0.247. The second-order valence-corrected chi connectivity index (χ2v) is 3.69. The summed E-state index contributed by atoms with van der Waals surface area (Å²) in [5.74, 6) is -0.421. The molecule has 1 aromatic rings. The summed E-state index contributed by atoms with van der Waals surface area (Å²) in [4.78, 5) is 27.0. The van der Waals surface area contributed by atoms with Crippen LogP contribution in [0.2, 0.25) is 0 Å². The number of hydrogen-bond acceptors (Lipinski definition) is 4.